The predicted octanol–water partition coefficient (Wildman–Crippen LogP) is 2.89. The molecule has 2 aliphatic carbocycles. The molecular weight excluding hydrogens is 270 g/mol. The molecule has 0 unspecified atom stereocenters. The third-order valence-electron chi connectivity index (χ3n) is 6.52. The maximum atomic E-state index is 12.6. The monoisotopic (exact) mass is 295 g/mol. The summed E-state index contributed by atoms with van der Waals surface area (Å²) in [6.07, 6.45) is 2.03. The second kappa shape index (κ2) is 3.73. The lowest BCUT2D eigenvalue weighted by Crippen LogP contribution is -2.61. The fraction of sp³-hybridized carbons (Fsp3) is 0.875. The quantitative estimate of drug-likeness (QED) is 0.807. The van der Waals surface area contributed by atoms with Crippen molar-refractivity contribution >= 4 is 12.1 Å². The molecule has 21 heavy (non-hydrogen) atoms. The molecule has 1 heterocycles. The van der Waals surface area contributed by atoms with Crippen LogP contribution in [0.1, 0.15) is 53.9 Å². The highest BCUT2D eigenvalue weighted by Gasteiger charge is 2.81. The van der Waals surface area contributed by atoms with Gasteiger partial charge >= 0.3 is 12.1 Å². The van der Waals surface area contributed by atoms with Crippen LogP contribution in [0.2, 0.25) is 0 Å². The van der Waals surface area contributed by atoms with Gasteiger partial charge in [0.05, 0.1) is 0 Å². The topological polar surface area (TPSA) is 66.8 Å². The number of aliphatic carboxylic acids is 1. The van der Waals surface area contributed by atoms with E-state index >= 15 is 0 Å². The Balaban J connectivity index is 2.02. The van der Waals surface area contributed by atoms with Gasteiger partial charge in [0.2, 0.25) is 0 Å². The second-order valence-electron chi connectivity index (χ2n) is 8.42. The van der Waals surface area contributed by atoms with Crippen LogP contribution in [0.3, 0.4) is 0 Å². The molecule has 3 aliphatic rings. The summed E-state index contributed by atoms with van der Waals surface area (Å²) in [5.74, 6) is -0.473. The summed E-state index contributed by atoms with van der Waals surface area (Å²) in [7, 11) is 0. The molecule has 5 heteroatoms. The van der Waals surface area contributed by atoms with Crippen molar-refractivity contribution < 1.29 is 19.4 Å². The fourth-order valence-electron chi connectivity index (χ4n) is 5.26. The predicted molar refractivity (Wildman–Crippen MR) is 76.9 cm³/mol. The third-order valence-corrected chi connectivity index (χ3v) is 6.52. The number of carbonyl (C=O) groups excluding carboxylic acids is 1. The number of carbonyl (C=O) groups is 2. The van der Waals surface area contributed by atoms with Crippen molar-refractivity contribution in [2.75, 3.05) is 6.54 Å². The van der Waals surface area contributed by atoms with Crippen molar-refractivity contribution in [3.8, 4) is 0 Å². The molecule has 4 atom stereocenters. The number of piperidine rings is 1. The number of ether oxygens (including phenoxy) is 1. The van der Waals surface area contributed by atoms with Gasteiger partial charge in [0.1, 0.15) is 11.1 Å². The summed E-state index contributed by atoms with van der Waals surface area (Å²) in [5, 5.41) is 9.96. The van der Waals surface area contributed by atoms with E-state index in [2.05, 4.69) is 13.8 Å². The van der Waals surface area contributed by atoms with E-state index in [1.165, 1.54) is 4.90 Å². The van der Waals surface area contributed by atoms with E-state index in [1.54, 1.807) is 0 Å². The van der Waals surface area contributed by atoms with E-state index in [9.17, 15) is 14.7 Å². The van der Waals surface area contributed by atoms with E-state index in [0.717, 1.165) is 12.8 Å². The summed E-state index contributed by atoms with van der Waals surface area (Å²) < 4.78 is 5.47. The first-order valence-electron chi connectivity index (χ1n) is 7.72. The van der Waals surface area contributed by atoms with Gasteiger partial charge in [0.25, 0.3) is 0 Å². The SMILES string of the molecule is CC(C)(C)OC(=O)N1C[C@@]2(C)[C@@H]3CC[C@@]2(C)[C@@]1(C(=O)O)C3. The van der Waals surface area contributed by atoms with Gasteiger partial charge in [-0.3, -0.25) is 4.90 Å². The minimum Gasteiger partial charge on any atom is -0.479 e. The first-order chi connectivity index (χ1) is 9.48. The number of carboxylic acids is 1. The molecule has 1 amide bonds. The molecule has 4 bridgehead atoms. The zero-order valence-electron chi connectivity index (χ0n) is 13.5. The number of hydrogen-bond acceptors (Lipinski definition) is 3. The van der Waals surface area contributed by atoms with Crippen LogP contribution in [-0.2, 0) is 9.53 Å². The van der Waals surface area contributed by atoms with Gasteiger partial charge in [0, 0.05) is 12.0 Å². The van der Waals surface area contributed by atoms with E-state index in [0.29, 0.717) is 18.9 Å². The zero-order valence-corrected chi connectivity index (χ0v) is 13.5. The Morgan fingerprint density at radius 2 is 1.90 bits per heavy atom. The molecule has 1 saturated heterocycles. The maximum Gasteiger partial charge on any atom is 0.411 e. The molecule has 0 spiro atoms. The van der Waals surface area contributed by atoms with Crippen molar-refractivity contribution in [3.63, 3.8) is 0 Å². The lowest BCUT2D eigenvalue weighted by molar-refractivity contribution is -0.156. The van der Waals surface area contributed by atoms with E-state index in [1.807, 2.05) is 20.8 Å². The number of likely N-dealkylation sites (tertiary alicyclic amines) is 1. The second-order valence-corrected chi connectivity index (χ2v) is 8.42. The standard InChI is InChI=1S/C16H25NO4/c1-13(2,3)21-12(20)17-9-14(4)10-6-7-15(14,5)16(17,8-10)11(18)19/h10H,6-9H2,1-5H3,(H,18,19)/t10-,14+,15-,16+/m1/s1. The van der Waals surface area contributed by atoms with Gasteiger partial charge in [-0.1, -0.05) is 13.8 Å². The van der Waals surface area contributed by atoms with Crippen molar-refractivity contribution in [2.24, 2.45) is 16.7 Å². The van der Waals surface area contributed by atoms with Crippen LogP contribution >= 0.6 is 0 Å². The van der Waals surface area contributed by atoms with Crippen molar-refractivity contribution in [3.05, 3.63) is 0 Å². The molecule has 1 N–H and O–H groups in total. The largest absolute Gasteiger partial charge is 0.479 e. The average molecular weight is 295 g/mol. The van der Waals surface area contributed by atoms with Gasteiger partial charge in [-0.2, -0.15) is 0 Å². The Morgan fingerprint density at radius 3 is 2.38 bits per heavy atom. The molecule has 0 aromatic rings. The molecule has 2 saturated carbocycles. The van der Waals surface area contributed by atoms with Crippen LogP contribution in [0.4, 0.5) is 4.79 Å². The number of rotatable bonds is 1. The molecule has 0 aromatic carbocycles. The van der Waals surface area contributed by atoms with Crippen molar-refractivity contribution in [1.29, 1.82) is 0 Å². The van der Waals surface area contributed by atoms with Crippen LogP contribution < -0.4 is 0 Å². The lowest BCUT2D eigenvalue weighted by Gasteiger charge is -2.44. The number of carboxylic acid groups (broad SMARTS) is 1. The van der Waals surface area contributed by atoms with Crippen LogP contribution in [-0.4, -0.2) is 39.8 Å². The molecule has 3 rings (SSSR count). The first kappa shape index (κ1) is 14.7. The van der Waals surface area contributed by atoms with Gasteiger partial charge in [-0.25, -0.2) is 9.59 Å². The first-order valence-corrected chi connectivity index (χ1v) is 7.72. The molecule has 5 nitrogen and oxygen atoms in total. The van der Waals surface area contributed by atoms with E-state index < -0.39 is 23.2 Å². The molecular formula is C16H25NO4. The minimum atomic E-state index is -1.09. The molecule has 1 aliphatic heterocycles. The fourth-order valence-corrected chi connectivity index (χ4v) is 5.26. The summed E-state index contributed by atoms with van der Waals surface area (Å²) >= 11 is 0. The van der Waals surface area contributed by atoms with Crippen LogP contribution in [0.15, 0.2) is 0 Å². The molecule has 3 fully saturated rings. The minimum absolute atomic E-state index is 0.109. The Kier molecular flexibility index (Phi) is 2.61. The molecule has 118 valence electrons. The highest BCUT2D eigenvalue weighted by Crippen LogP contribution is 2.75. The summed E-state index contributed by atoms with van der Waals surface area (Å²) in [4.78, 5) is 26.2. The number of amides is 1. The lowest BCUT2D eigenvalue weighted by atomic mass is 9.65. The van der Waals surface area contributed by atoms with Gasteiger partial charge in [0.15, 0.2) is 0 Å². The summed E-state index contributed by atoms with van der Waals surface area (Å²) in [6.45, 7) is 10.1. The van der Waals surface area contributed by atoms with E-state index in [-0.39, 0.29) is 10.8 Å². The Morgan fingerprint density at radius 1 is 1.29 bits per heavy atom. The summed E-state index contributed by atoms with van der Waals surface area (Å²) in [6, 6.07) is 0. The van der Waals surface area contributed by atoms with Crippen LogP contribution in [0.5, 0.6) is 0 Å². The van der Waals surface area contributed by atoms with Gasteiger partial charge < -0.3 is 9.84 Å². The highest BCUT2D eigenvalue weighted by molar-refractivity contribution is 5.88. The molecule has 0 radical (unpaired) electrons. The molecule has 0 aromatic heterocycles. The van der Waals surface area contributed by atoms with Crippen LogP contribution in [0.25, 0.3) is 0 Å². The van der Waals surface area contributed by atoms with Crippen molar-refractivity contribution in [2.45, 2.75) is 65.0 Å². The van der Waals surface area contributed by atoms with Crippen molar-refractivity contribution in [1.82, 2.24) is 4.90 Å². The Hall–Kier alpha value is -1.26. The Bertz CT molecular complexity index is 525. The zero-order chi connectivity index (χ0) is 15.8. The smallest absolute Gasteiger partial charge is 0.411 e. The van der Waals surface area contributed by atoms with Gasteiger partial charge in [-0.05, 0) is 51.4 Å². The summed E-state index contributed by atoms with van der Waals surface area (Å²) in [5.41, 5.74) is -2.16. The van der Waals surface area contributed by atoms with Crippen LogP contribution in [0, 0.1) is 16.7 Å². The number of nitrogens with zero attached hydrogens (tertiary/aromatic N) is 1. The Labute approximate surface area is 125 Å². The van der Waals surface area contributed by atoms with E-state index in [4.69, 9.17) is 4.74 Å². The highest BCUT2D eigenvalue weighted by atomic mass is 16.6. The normalized spacial score (nSPS) is 44.2. The maximum absolute atomic E-state index is 12.6. The third kappa shape index (κ3) is 1.47. The average Bonchev–Trinajstić information content (AvgIpc) is 2.77. The number of hydrogen-bond donors (Lipinski definition) is 1. The van der Waals surface area contributed by atoms with Gasteiger partial charge in [-0.15, -0.1) is 0 Å².